The van der Waals surface area contributed by atoms with E-state index in [4.69, 9.17) is 14.2 Å². The average Bonchev–Trinajstić information content (AvgIpc) is 2.67. The molecule has 7 heteroatoms. The third-order valence-electron chi connectivity index (χ3n) is 3.44. The molecule has 6 nitrogen and oxygen atoms in total. The van der Waals surface area contributed by atoms with Gasteiger partial charge in [-0.3, -0.25) is 0 Å². The van der Waals surface area contributed by atoms with Crippen molar-refractivity contribution >= 4 is 34.1 Å². The molecule has 0 bridgehead atoms. The van der Waals surface area contributed by atoms with Crippen molar-refractivity contribution in [2.45, 2.75) is 26.2 Å². The number of nitrogens with zero attached hydrogens (tertiary/aromatic N) is 2. The van der Waals surface area contributed by atoms with E-state index in [-0.39, 0.29) is 11.0 Å². The van der Waals surface area contributed by atoms with Gasteiger partial charge in [0.15, 0.2) is 0 Å². The van der Waals surface area contributed by atoms with E-state index < -0.39 is 5.97 Å². The van der Waals surface area contributed by atoms with Crippen molar-refractivity contribution in [1.29, 1.82) is 0 Å². The fraction of sp³-hybridized carbons (Fsp3) is 0.350. The summed E-state index contributed by atoms with van der Waals surface area (Å²) in [5.74, 6) is 0.347. The fourth-order valence-corrected chi connectivity index (χ4v) is 2.15. The highest BCUT2D eigenvalue weighted by Crippen LogP contribution is 2.31. The summed E-state index contributed by atoms with van der Waals surface area (Å²) in [6.45, 7) is 6.18. The third kappa shape index (κ3) is 6.50. The lowest BCUT2D eigenvalue weighted by molar-refractivity contribution is -0.133. The van der Waals surface area contributed by atoms with Crippen molar-refractivity contribution in [1.82, 2.24) is 9.97 Å². The molecule has 0 N–H and O–H groups in total. The first-order chi connectivity index (χ1) is 12.9. The quantitative estimate of drug-likeness (QED) is 0.200. The molecule has 0 aliphatic heterocycles. The summed E-state index contributed by atoms with van der Waals surface area (Å²) < 4.78 is 15.7. The maximum Gasteiger partial charge on any atom is 0.341 e. The second-order valence-electron chi connectivity index (χ2n) is 6.35. The standard InChI is InChI=1S/C19H22N2O4.CH3I/c1-19(2,3)16-10-17(21-12-20-16)25-15-9-7-6-8-13(15)14(11-23-4)18(22)24-5;1-2/h6-12H,1-5H3;1H3/b14-11+;. The van der Waals surface area contributed by atoms with Crippen LogP contribution in [-0.4, -0.2) is 35.1 Å². The topological polar surface area (TPSA) is 70.5 Å². The van der Waals surface area contributed by atoms with Crippen molar-refractivity contribution in [3.05, 3.63) is 54.2 Å². The summed E-state index contributed by atoms with van der Waals surface area (Å²) in [6, 6.07) is 8.90. The summed E-state index contributed by atoms with van der Waals surface area (Å²) >= 11 is 2.15. The van der Waals surface area contributed by atoms with Gasteiger partial charge in [-0.25, -0.2) is 14.8 Å². The first kappa shape index (κ1) is 22.9. The van der Waals surface area contributed by atoms with Gasteiger partial charge in [0.25, 0.3) is 0 Å². The number of hydrogen-bond acceptors (Lipinski definition) is 6. The van der Waals surface area contributed by atoms with Crippen LogP contribution in [0.2, 0.25) is 0 Å². The molecular formula is C20H25IN2O4. The zero-order valence-electron chi connectivity index (χ0n) is 16.4. The van der Waals surface area contributed by atoms with Crippen LogP contribution in [0, 0.1) is 0 Å². The second-order valence-corrected chi connectivity index (χ2v) is 6.35. The number of halogens is 1. The molecule has 27 heavy (non-hydrogen) atoms. The molecule has 0 amide bonds. The number of esters is 1. The van der Waals surface area contributed by atoms with Gasteiger partial charge in [-0.1, -0.05) is 61.6 Å². The van der Waals surface area contributed by atoms with Crippen LogP contribution in [0.4, 0.5) is 0 Å². The van der Waals surface area contributed by atoms with E-state index in [0.29, 0.717) is 17.2 Å². The maximum atomic E-state index is 12.0. The lowest BCUT2D eigenvalue weighted by atomic mass is 9.92. The molecule has 0 radical (unpaired) electrons. The van der Waals surface area contributed by atoms with Gasteiger partial charge < -0.3 is 14.2 Å². The first-order valence-electron chi connectivity index (χ1n) is 8.15. The molecule has 0 atom stereocenters. The molecule has 0 unspecified atom stereocenters. The van der Waals surface area contributed by atoms with Crippen LogP contribution in [0.3, 0.4) is 0 Å². The number of hydrogen-bond donors (Lipinski definition) is 0. The molecule has 2 aromatic rings. The molecule has 2 rings (SSSR count). The largest absolute Gasteiger partial charge is 0.503 e. The smallest absolute Gasteiger partial charge is 0.341 e. The van der Waals surface area contributed by atoms with Gasteiger partial charge in [0.2, 0.25) is 5.88 Å². The SMILES string of the molecule is CI.CO/C=C(/C(=O)OC)c1ccccc1Oc1cc(C(C)(C)C)ncn1. The Bertz CT molecular complexity index is 786. The Labute approximate surface area is 174 Å². The maximum absolute atomic E-state index is 12.0. The molecule has 0 aliphatic rings. The normalized spacial score (nSPS) is 11.1. The van der Waals surface area contributed by atoms with Crippen molar-refractivity contribution in [3.63, 3.8) is 0 Å². The van der Waals surface area contributed by atoms with E-state index in [1.807, 2.05) is 11.0 Å². The molecule has 0 spiro atoms. The van der Waals surface area contributed by atoms with Crippen molar-refractivity contribution in [3.8, 4) is 11.6 Å². The number of benzene rings is 1. The summed E-state index contributed by atoms with van der Waals surface area (Å²) in [5, 5.41) is 0. The Kier molecular flexibility index (Phi) is 9.20. The van der Waals surface area contributed by atoms with Crippen LogP contribution < -0.4 is 4.74 Å². The van der Waals surface area contributed by atoms with E-state index >= 15 is 0 Å². The van der Waals surface area contributed by atoms with Gasteiger partial charge in [0.1, 0.15) is 17.6 Å². The molecule has 0 saturated heterocycles. The Balaban J connectivity index is 0.00000176. The van der Waals surface area contributed by atoms with Crippen molar-refractivity contribution in [2.75, 3.05) is 19.2 Å². The van der Waals surface area contributed by atoms with E-state index in [1.54, 1.807) is 24.3 Å². The summed E-state index contributed by atoms with van der Waals surface area (Å²) in [7, 11) is 2.78. The van der Waals surface area contributed by atoms with Gasteiger partial charge in [0, 0.05) is 17.0 Å². The Morgan fingerprint density at radius 1 is 1.11 bits per heavy atom. The predicted octanol–water partition coefficient (Wildman–Crippen LogP) is 4.78. The minimum absolute atomic E-state index is 0.131. The van der Waals surface area contributed by atoms with E-state index in [1.165, 1.54) is 26.8 Å². The van der Waals surface area contributed by atoms with Crippen LogP contribution in [0.25, 0.3) is 5.57 Å². The zero-order valence-corrected chi connectivity index (χ0v) is 18.6. The van der Waals surface area contributed by atoms with Gasteiger partial charge in [-0.2, -0.15) is 0 Å². The number of para-hydroxylation sites is 1. The fourth-order valence-electron chi connectivity index (χ4n) is 2.15. The lowest BCUT2D eigenvalue weighted by Gasteiger charge is -2.18. The molecule has 1 heterocycles. The van der Waals surface area contributed by atoms with E-state index in [9.17, 15) is 4.79 Å². The first-order valence-corrected chi connectivity index (χ1v) is 10.3. The Morgan fingerprint density at radius 2 is 1.78 bits per heavy atom. The molecule has 146 valence electrons. The molecule has 0 aliphatic carbocycles. The number of methoxy groups -OCH3 is 2. The predicted molar refractivity (Wildman–Crippen MR) is 114 cm³/mol. The summed E-state index contributed by atoms with van der Waals surface area (Å²) in [6.07, 6.45) is 2.79. The zero-order chi connectivity index (χ0) is 20.4. The van der Waals surface area contributed by atoms with Crippen LogP contribution in [0.1, 0.15) is 32.0 Å². The average molecular weight is 484 g/mol. The summed E-state index contributed by atoms with van der Waals surface area (Å²) in [4.78, 5) is 22.5. The Morgan fingerprint density at radius 3 is 2.37 bits per heavy atom. The number of rotatable bonds is 5. The highest BCUT2D eigenvalue weighted by Gasteiger charge is 2.20. The molecule has 1 aromatic heterocycles. The molecular weight excluding hydrogens is 459 g/mol. The highest BCUT2D eigenvalue weighted by molar-refractivity contribution is 14.1. The minimum Gasteiger partial charge on any atom is -0.503 e. The van der Waals surface area contributed by atoms with Gasteiger partial charge >= 0.3 is 5.97 Å². The monoisotopic (exact) mass is 484 g/mol. The molecule has 0 saturated carbocycles. The minimum atomic E-state index is -0.518. The third-order valence-corrected chi connectivity index (χ3v) is 3.44. The van der Waals surface area contributed by atoms with Crippen LogP contribution in [-0.2, 0) is 19.7 Å². The lowest BCUT2D eigenvalue weighted by Crippen LogP contribution is -2.13. The van der Waals surface area contributed by atoms with Gasteiger partial charge in [-0.15, -0.1) is 0 Å². The highest BCUT2D eigenvalue weighted by atomic mass is 127. The number of ether oxygens (including phenoxy) is 3. The second kappa shape index (κ2) is 10.9. The summed E-state index contributed by atoms with van der Waals surface area (Å²) in [5.41, 5.74) is 1.53. The number of alkyl halides is 1. The molecule has 1 aromatic carbocycles. The Hall–Kier alpha value is -2.16. The number of carbonyl (C=O) groups excluding carboxylic acids is 1. The van der Waals surface area contributed by atoms with Gasteiger partial charge in [0.05, 0.1) is 26.2 Å². The van der Waals surface area contributed by atoms with Crippen molar-refractivity contribution in [2.24, 2.45) is 0 Å². The van der Waals surface area contributed by atoms with E-state index in [2.05, 4.69) is 53.3 Å². The van der Waals surface area contributed by atoms with Gasteiger partial charge in [-0.05, 0) is 11.0 Å². The van der Waals surface area contributed by atoms with Crippen LogP contribution in [0.15, 0.2) is 42.9 Å². The van der Waals surface area contributed by atoms with E-state index in [0.717, 1.165) is 5.69 Å². The number of carbonyl (C=O) groups is 1. The van der Waals surface area contributed by atoms with Crippen LogP contribution >= 0.6 is 22.6 Å². The van der Waals surface area contributed by atoms with Crippen molar-refractivity contribution < 1.29 is 19.0 Å². The van der Waals surface area contributed by atoms with Crippen LogP contribution in [0.5, 0.6) is 11.6 Å². The molecule has 0 fully saturated rings. The number of aromatic nitrogens is 2.